The molecule has 1 saturated heterocycles. The van der Waals surface area contributed by atoms with Gasteiger partial charge in [-0.1, -0.05) is 6.58 Å². The molecule has 0 bridgehead atoms. The molecule has 8 heteroatoms. The summed E-state index contributed by atoms with van der Waals surface area (Å²) in [6.07, 6.45) is -0.272. The van der Waals surface area contributed by atoms with Crippen molar-refractivity contribution in [2.75, 3.05) is 33.2 Å². The Hall–Kier alpha value is -2.48. The van der Waals surface area contributed by atoms with Gasteiger partial charge in [0.25, 0.3) is 0 Å². The number of aliphatic imine (C=N–C) groups is 2. The van der Waals surface area contributed by atoms with Crippen molar-refractivity contribution in [3.63, 3.8) is 0 Å². The number of alkyl halides is 3. The number of halogens is 3. The number of nitrogens with one attached hydrogen (secondary N) is 1. The molecular formula is C24H31F3N5+. The first kappa shape index (κ1) is 22.7. The van der Waals surface area contributed by atoms with E-state index in [-0.39, 0.29) is 12.1 Å². The van der Waals surface area contributed by atoms with Gasteiger partial charge < -0.3 is 10.2 Å². The summed E-state index contributed by atoms with van der Waals surface area (Å²) in [4.78, 5) is 12.4. The maximum Gasteiger partial charge on any atom is 0.416 e. The Bertz CT molecular complexity index is 1000. The first-order valence-electron chi connectivity index (χ1n) is 11.2. The van der Waals surface area contributed by atoms with Crippen molar-refractivity contribution >= 4 is 29.0 Å². The van der Waals surface area contributed by atoms with Crippen molar-refractivity contribution in [1.29, 1.82) is 0 Å². The number of piperazine rings is 1. The Kier molecular flexibility index (Phi) is 6.25. The number of nitrogens with zero attached hydrogens (tertiary/aromatic N) is 4. The summed E-state index contributed by atoms with van der Waals surface area (Å²) in [6, 6.07) is 2.56. The predicted octanol–water partition coefficient (Wildman–Crippen LogP) is 3.93. The monoisotopic (exact) mass is 446 g/mol. The maximum absolute atomic E-state index is 13.7. The molecule has 0 amide bonds. The molecule has 32 heavy (non-hydrogen) atoms. The van der Waals surface area contributed by atoms with Crippen molar-refractivity contribution in [3.8, 4) is 0 Å². The fraction of sp³-hybridized carbons (Fsp3) is 0.542. The van der Waals surface area contributed by atoms with Crippen LogP contribution in [0.2, 0.25) is 0 Å². The highest BCUT2D eigenvalue weighted by atomic mass is 19.4. The highest BCUT2D eigenvalue weighted by molar-refractivity contribution is 6.43. The van der Waals surface area contributed by atoms with Crippen LogP contribution < -0.4 is 5.32 Å². The van der Waals surface area contributed by atoms with Gasteiger partial charge in [0.05, 0.1) is 17.3 Å². The van der Waals surface area contributed by atoms with Crippen LogP contribution in [0.4, 0.5) is 18.9 Å². The quantitative estimate of drug-likeness (QED) is 0.665. The van der Waals surface area contributed by atoms with Gasteiger partial charge in [0.2, 0.25) is 0 Å². The van der Waals surface area contributed by atoms with Crippen LogP contribution in [-0.2, 0) is 12.6 Å². The Balaban J connectivity index is 1.96. The Morgan fingerprint density at radius 1 is 1.25 bits per heavy atom. The fourth-order valence-corrected chi connectivity index (χ4v) is 4.63. The minimum atomic E-state index is -4.42. The summed E-state index contributed by atoms with van der Waals surface area (Å²) in [5.74, 6) is 0.786. The van der Waals surface area contributed by atoms with Crippen molar-refractivity contribution in [3.05, 3.63) is 35.4 Å². The average Bonchev–Trinajstić information content (AvgIpc) is 2.86. The zero-order valence-corrected chi connectivity index (χ0v) is 19.0. The highest BCUT2D eigenvalue weighted by Gasteiger charge is 2.37. The molecule has 3 heterocycles. The van der Waals surface area contributed by atoms with E-state index >= 15 is 0 Å². The normalized spacial score (nSPS) is 24.2. The molecule has 4 rings (SSSR count). The summed E-state index contributed by atoms with van der Waals surface area (Å²) in [6.45, 7) is 11.0. The molecular weight excluding hydrogens is 415 g/mol. The lowest BCUT2D eigenvalue weighted by molar-refractivity contribution is -0.515. The number of amidine groups is 1. The van der Waals surface area contributed by atoms with Crippen LogP contribution >= 0.6 is 0 Å². The SMILES string of the molecule is C=C(C)c1cc(C(F)(F)F)cc2c1N=C(N1CCNCC1)C1=NC(C)CC=[N+](C)C1CC2. The van der Waals surface area contributed by atoms with Gasteiger partial charge in [-0.15, -0.1) is 0 Å². The van der Waals surface area contributed by atoms with Gasteiger partial charge in [0, 0.05) is 44.6 Å². The van der Waals surface area contributed by atoms with E-state index in [0.717, 1.165) is 44.1 Å². The second-order valence-electron chi connectivity index (χ2n) is 8.98. The van der Waals surface area contributed by atoms with Crippen LogP contribution in [0, 0.1) is 0 Å². The number of allylic oxidation sites excluding steroid dienone is 1. The maximum atomic E-state index is 13.7. The summed E-state index contributed by atoms with van der Waals surface area (Å²) < 4.78 is 43.2. The lowest BCUT2D eigenvalue weighted by Gasteiger charge is -2.33. The van der Waals surface area contributed by atoms with Crippen LogP contribution in [0.1, 0.15) is 43.4 Å². The third-order valence-electron chi connectivity index (χ3n) is 6.43. The van der Waals surface area contributed by atoms with E-state index in [9.17, 15) is 13.2 Å². The lowest BCUT2D eigenvalue weighted by atomic mass is 9.91. The number of aryl methyl sites for hydroxylation is 1. The smallest absolute Gasteiger partial charge is 0.352 e. The molecule has 0 spiro atoms. The van der Waals surface area contributed by atoms with Crippen LogP contribution in [0.15, 0.2) is 28.7 Å². The minimum Gasteiger partial charge on any atom is -0.352 e. The molecule has 0 radical (unpaired) electrons. The van der Waals surface area contributed by atoms with Gasteiger partial charge in [0.1, 0.15) is 19.0 Å². The van der Waals surface area contributed by atoms with E-state index in [1.165, 1.54) is 12.1 Å². The molecule has 0 saturated carbocycles. The molecule has 0 aromatic heterocycles. The van der Waals surface area contributed by atoms with Crippen molar-refractivity contribution in [2.45, 2.75) is 51.4 Å². The van der Waals surface area contributed by atoms with E-state index in [4.69, 9.17) is 9.98 Å². The highest BCUT2D eigenvalue weighted by Crippen LogP contribution is 2.39. The zero-order valence-electron chi connectivity index (χ0n) is 19.0. The van der Waals surface area contributed by atoms with Gasteiger partial charge >= 0.3 is 6.18 Å². The van der Waals surface area contributed by atoms with E-state index in [1.807, 2.05) is 7.05 Å². The largest absolute Gasteiger partial charge is 0.416 e. The molecule has 1 aromatic carbocycles. The number of hydrogen-bond acceptors (Lipinski definition) is 4. The summed E-state index contributed by atoms with van der Waals surface area (Å²) >= 11 is 0. The first-order valence-corrected chi connectivity index (χ1v) is 11.2. The molecule has 2 unspecified atom stereocenters. The molecule has 2 atom stereocenters. The molecule has 1 N–H and O–H groups in total. The molecule has 1 fully saturated rings. The molecule has 3 aliphatic rings. The molecule has 1 aromatic rings. The van der Waals surface area contributed by atoms with Gasteiger partial charge in [-0.3, -0.25) is 4.99 Å². The van der Waals surface area contributed by atoms with E-state index in [0.29, 0.717) is 35.2 Å². The summed E-state index contributed by atoms with van der Waals surface area (Å²) in [5.41, 5.74) is 2.56. The number of fused-ring (bicyclic) bond motifs is 2. The van der Waals surface area contributed by atoms with Crippen LogP contribution in [0.3, 0.4) is 0 Å². The van der Waals surface area contributed by atoms with Gasteiger partial charge in [-0.25, -0.2) is 9.57 Å². The zero-order chi connectivity index (χ0) is 23.0. The van der Waals surface area contributed by atoms with Crippen molar-refractivity contribution in [2.24, 2.45) is 9.98 Å². The molecule has 172 valence electrons. The van der Waals surface area contributed by atoms with Crippen LogP contribution in [0.25, 0.3) is 5.57 Å². The molecule has 0 aliphatic carbocycles. The van der Waals surface area contributed by atoms with E-state index in [1.54, 1.807) is 6.92 Å². The third-order valence-corrected chi connectivity index (χ3v) is 6.43. The number of hydrogen-bond donors (Lipinski definition) is 1. The second-order valence-corrected chi connectivity index (χ2v) is 8.98. The average molecular weight is 447 g/mol. The van der Waals surface area contributed by atoms with Crippen LogP contribution in [0.5, 0.6) is 0 Å². The Morgan fingerprint density at radius 2 is 1.97 bits per heavy atom. The Labute approximate surface area is 187 Å². The van der Waals surface area contributed by atoms with Gasteiger partial charge in [-0.05, 0) is 43.5 Å². The number of benzene rings is 1. The lowest BCUT2D eigenvalue weighted by Crippen LogP contribution is -2.52. The van der Waals surface area contributed by atoms with Gasteiger partial charge in [-0.2, -0.15) is 13.2 Å². The van der Waals surface area contributed by atoms with Crippen molar-refractivity contribution in [1.82, 2.24) is 10.2 Å². The summed E-state index contributed by atoms with van der Waals surface area (Å²) in [7, 11) is 2.03. The minimum absolute atomic E-state index is 0.0236. The third kappa shape index (κ3) is 4.51. The standard InChI is InChI=1S/C24H31F3N5/c1-15(2)19-14-18(24(25,26)27)13-17-5-6-20-22(29-16(3)7-10-31(20)4)23(30-21(17)19)32-11-8-28-9-12-32/h10,13-14,16,20,28H,1,5-9,11-12H2,2-4H3/q+1. The fourth-order valence-electron chi connectivity index (χ4n) is 4.63. The van der Waals surface area contributed by atoms with E-state index < -0.39 is 11.7 Å². The second kappa shape index (κ2) is 8.81. The number of rotatable bonds is 1. The molecule has 3 aliphatic heterocycles. The van der Waals surface area contributed by atoms with Crippen molar-refractivity contribution < 1.29 is 17.7 Å². The molecule has 5 nitrogen and oxygen atoms in total. The topological polar surface area (TPSA) is 43.0 Å². The predicted molar refractivity (Wildman–Crippen MR) is 124 cm³/mol. The van der Waals surface area contributed by atoms with E-state index in [2.05, 4.69) is 34.5 Å². The summed E-state index contributed by atoms with van der Waals surface area (Å²) in [5, 5.41) is 3.36. The van der Waals surface area contributed by atoms with Crippen LogP contribution in [-0.4, -0.2) is 72.5 Å². The first-order chi connectivity index (χ1) is 15.1. The van der Waals surface area contributed by atoms with Gasteiger partial charge in [0.15, 0.2) is 11.9 Å². The Morgan fingerprint density at radius 3 is 2.62 bits per heavy atom.